The Bertz CT molecular complexity index is 1180. The van der Waals surface area contributed by atoms with Gasteiger partial charge < -0.3 is 25.3 Å². The molecule has 9 heteroatoms. The molecular formula is C26H31N5O4. The van der Waals surface area contributed by atoms with Crippen LogP contribution in [0.2, 0.25) is 0 Å². The lowest BCUT2D eigenvalue weighted by atomic mass is 9.74. The molecule has 4 fully saturated rings. The molecule has 1 aromatic heterocycles. The van der Waals surface area contributed by atoms with Crippen molar-refractivity contribution in [3.63, 3.8) is 0 Å². The summed E-state index contributed by atoms with van der Waals surface area (Å²) in [6, 6.07) is 8.12. The highest BCUT2D eigenvalue weighted by Crippen LogP contribution is 2.41. The number of methoxy groups -OCH3 is 1. The monoisotopic (exact) mass is 477 g/mol. The van der Waals surface area contributed by atoms with E-state index in [4.69, 9.17) is 4.74 Å². The molecule has 1 saturated carbocycles. The lowest BCUT2D eigenvalue weighted by molar-refractivity contribution is -0.134. The summed E-state index contributed by atoms with van der Waals surface area (Å²) in [5, 5.41) is 16.2. The number of aromatic nitrogens is 1. The van der Waals surface area contributed by atoms with Crippen molar-refractivity contribution in [2.24, 2.45) is 11.8 Å². The SMILES string of the molecule is COc1cccc2[nH]c(C(=O)N3C4CCC(CC4)[C@@H]3C(=O)N[C@@H](C#N)C[C@@H]3CCCNC3=O)cc12. The second kappa shape index (κ2) is 9.61. The molecule has 4 aliphatic rings. The first kappa shape index (κ1) is 23.2. The summed E-state index contributed by atoms with van der Waals surface area (Å²) in [4.78, 5) is 44.3. The molecule has 3 amide bonds. The lowest BCUT2D eigenvalue weighted by Crippen LogP contribution is -2.63. The number of nitriles is 1. The number of hydrogen-bond acceptors (Lipinski definition) is 5. The molecule has 3 atom stereocenters. The highest BCUT2D eigenvalue weighted by Gasteiger charge is 2.48. The average Bonchev–Trinajstić information content (AvgIpc) is 3.33. The topological polar surface area (TPSA) is 127 Å². The summed E-state index contributed by atoms with van der Waals surface area (Å²) < 4.78 is 5.43. The lowest BCUT2D eigenvalue weighted by Gasteiger charge is -2.50. The number of fused-ring (bicyclic) bond motifs is 4. The second-order valence-corrected chi connectivity index (χ2v) is 9.89. The maximum atomic E-state index is 13.7. The van der Waals surface area contributed by atoms with Crippen LogP contribution in [0.4, 0.5) is 0 Å². The van der Waals surface area contributed by atoms with Gasteiger partial charge in [0.2, 0.25) is 11.8 Å². The number of ether oxygens (including phenoxy) is 1. The maximum absolute atomic E-state index is 13.7. The van der Waals surface area contributed by atoms with Crippen molar-refractivity contribution in [3.05, 3.63) is 30.0 Å². The number of hydrogen-bond donors (Lipinski definition) is 3. The van der Waals surface area contributed by atoms with Gasteiger partial charge in [-0.1, -0.05) is 6.07 Å². The van der Waals surface area contributed by atoms with Crippen LogP contribution in [0.1, 0.15) is 55.4 Å². The van der Waals surface area contributed by atoms with Gasteiger partial charge in [0.05, 0.1) is 13.2 Å². The van der Waals surface area contributed by atoms with Crippen molar-refractivity contribution in [1.82, 2.24) is 20.5 Å². The number of carbonyl (C=O) groups is 3. The molecule has 4 heterocycles. The first-order valence-electron chi connectivity index (χ1n) is 12.5. The van der Waals surface area contributed by atoms with Crippen LogP contribution in [-0.4, -0.2) is 59.4 Å². The van der Waals surface area contributed by atoms with Gasteiger partial charge >= 0.3 is 0 Å². The third kappa shape index (κ3) is 4.33. The van der Waals surface area contributed by atoms with E-state index < -0.39 is 12.1 Å². The van der Waals surface area contributed by atoms with Gasteiger partial charge in [-0.3, -0.25) is 14.4 Å². The number of rotatable bonds is 6. The summed E-state index contributed by atoms with van der Waals surface area (Å²) in [6.07, 6.45) is 5.37. The second-order valence-electron chi connectivity index (χ2n) is 9.89. The smallest absolute Gasteiger partial charge is 0.271 e. The molecule has 2 aromatic rings. The van der Waals surface area contributed by atoms with E-state index in [1.54, 1.807) is 18.1 Å². The van der Waals surface area contributed by atoms with Crippen molar-refractivity contribution in [2.75, 3.05) is 13.7 Å². The Hall–Kier alpha value is -3.54. The molecule has 6 rings (SSSR count). The van der Waals surface area contributed by atoms with E-state index in [0.29, 0.717) is 24.4 Å². The molecule has 1 aromatic carbocycles. The molecular weight excluding hydrogens is 446 g/mol. The summed E-state index contributed by atoms with van der Waals surface area (Å²) in [5.41, 5.74) is 1.22. The van der Waals surface area contributed by atoms with E-state index in [1.165, 1.54) is 0 Å². The first-order valence-corrected chi connectivity index (χ1v) is 12.5. The molecule has 0 unspecified atom stereocenters. The van der Waals surface area contributed by atoms with Crippen molar-refractivity contribution in [2.45, 2.75) is 63.1 Å². The zero-order chi connectivity index (χ0) is 24.5. The van der Waals surface area contributed by atoms with Gasteiger partial charge in [-0.25, -0.2) is 0 Å². The Balaban J connectivity index is 1.37. The van der Waals surface area contributed by atoms with Crippen molar-refractivity contribution in [1.29, 1.82) is 5.26 Å². The Kier molecular flexibility index (Phi) is 6.37. The Labute approximate surface area is 204 Å². The highest BCUT2D eigenvalue weighted by atomic mass is 16.5. The number of aromatic amines is 1. The number of nitrogens with one attached hydrogen (secondary N) is 3. The van der Waals surface area contributed by atoms with Crippen LogP contribution in [0, 0.1) is 23.2 Å². The van der Waals surface area contributed by atoms with Crippen molar-refractivity contribution in [3.8, 4) is 11.8 Å². The predicted molar refractivity (Wildman–Crippen MR) is 128 cm³/mol. The van der Waals surface area contributed by atoms with Gasteiger partial charge in [0, 0.05) is 29.4 Å². The number of piperidine rings is 3. The maximum Gasteiger partial charge on any atom is 0.271 e. The third-order valence-corrected chi connectivity index (χ3v) is 7.85. The first-order chi connectivity index (χ1) is 17.0. The van der Waals surface area contributed by atoms with E-state index in [-0.39, 0.29) is 42.0 Å². The fourth-order valence-corrected chi connectivity index (χ4v) is 6.09. The average molecular weight is 478 g/mol. The van der Waals surface area contributed by atoms with Crippen LogP contribution >= 0.6 is 0 Å². The van der Waals surface area contributed by atoms with E-state index in [0.717, 1.165) is 43.0 Å². The number of benzene rings is 1. The van der Waals surface area contributed by atoms with Crippen LogP contribution in [0.3, 0.4) is 0 Å². The molecule has 9 nitrogen and oxygen atoms in total. The van der Waals surface area contributed by atoms with Crippen LogP contribution in [-0.2, 0) is 9.59 Å². The number of H-pyrrole nitrogens is 1. The molecule has 3 N–H and O–H groups in total. The minimum absolute atomic E-state index is 0.0128. The zero-order valence-corrected chi connectivity index (χ0v) is 19.9. The summed E-state index contributed by atoms with van der Waals surface area (Å²) in [5.74, 6) is -0.123. The van der Waals surface area contributed by atoms with Gasteiger partial charge in [-0.15, -0.1) is 0 Å². The molecule has 3 aliphatic heterocycles. The predicted octanol–water partition coefficient (Wildman–Crippen LogP) is 2.48. The van der Waals surface area contributed by atoms with Gasteiger partial charge in [0.15, 0.2) is 0 Å². The number of amides is 3. The Morgan fingerprint density at radius 2 is 2.06 bits per heavy atom. The van der Waals surface area contributed by atoms with E-state index in [2.05, 4.69) is 21.7 Å². The largest absolute Gasteiger partial charge is 0.496 e. The third-order valence-electron chi connectivity index (χ3n) is 7.85. The standard InChI is InChI=1S/C26H31N5O4/c1-35-22-6-2-5-20-19(22)13-21(30-20)26(34)31-18-9-7-15(8-10-18)23(31)25(33)29-17(14-27)12-16-4-3-11-28-24(16)32/h2,5-6,13,15-18,23,30H,3-4,7-12H2,1H3,(H,28,32)(H,29,33)/t15?,16-,17+,18?,23+/m0/s1. The van der Waals surface area contributed by atoms with Crippen LogP contribution in [0.5, 0.6) is 5.75 Å². The summed E-state index contributed by atoms with van der Waals surface area (Å²) in [7, 11) is 1.59. The molecule has 0 radical (unpaired) electrons. The Morgan fingerprint density at radius 3 is 2.77 bits per heavy atom. The quantitative estimate of drug-likeness (QED) is 0.589. The molecule has 184 valence electrons. The summed E-state index contributed by atoms with van der Waals surface area (Å²) >= 11 is 0. The summed E-state index contributed by atoms with van der Waals surface area (Å²) in [6.45, 7) is 0.654. The molecule has 1 aliphatic carbocycles. The van der Waals surface area contributed by atoms with Gasteiger partial charge in [-0.05, 0) is 69.1 Å². The van der Waals surface area contributed by atoms with Gasteiger partial charge in [0.25, 0.3) is 5.91 Å². The molecule has 3 saturated heterocycles. The van der Waals surface area contributed by atoms with Crippen LogP contribution in [0.15, 0.2) is 24.3 Å². The number of carbonyl (C=O) groups excluding carboxylic acids is 3. The van der Waals surface area contributed by atoms with Gasteiger partial charge in [0.1, 0.15) is 23.5 Å². The van der Waals surface area contributed by atoms with E-state index >= 15 is 0 Å². The normalized spacial score (nSPS) is 26.6. The fourth-order valence-electron chi connectivity index (χ4n) is 6.09. The van der Waals surface area contributed by atoms with E-state index in [1.807, 2.05) is 18.2 Å². The fraction of sp³-hybridized carbons (Fsp3) is 0.538. The van der Waals surface area contributed by atoms with Crippen LogP contribution in [0.25, 0.3) is 10.9 Å². The molecule has 0 spiro atoms. The van der Waals surface area contributed by atoms with Crippen molar-refractivity contribution < 1.29 is 19.1 Å². The van der Waals surface area contributed by atoms with Crippen molar-refractivity contribution >= 4 is 28.6 Å². The zero-order valence-electron chi connectivity index (χ0n) is 19.9. The minimum atomic E-state index is -0.772. The number of nitrogens with zero attached hydrogens (tertiary/aromatic N) is 2. The minimum Gasteiger partial charge on any atom is -0.496 e. The van der Waals surface area contributed by atoms with Gasteiger partial charge in [-0.2, -0.15) is 5.26 Å². The highest BCUT2D eigenvalue weighted by molar-refractivity contribution is 6.02. The van der Waals surface area contributed by atoms with Crippen LogP contribution < -0.4 is 15.4 Å². The molecule has 2 bridgehead atoms. The van der Waals surface area contributed by atoms with E-state index in [9.17, 15) is 19.6 Å². The molecule has 35 heavy (non-hydrogen) atoms. The Morgan fingerprint density at radius 1 is 1.26 bits per heavy atom.